The molecule has 0 bridgehead atoms. The van der Waals surface area contributed by atoms with Crippen molar-refractivity contribution in [1.82, 2.24) is 0 Å². The van der Waals surface area contributed by atoms with Crippen molar-refractivity contribution in [1.29, 1.82) is 0 Å². The standard InChI is InChI=1S/C29H42O8/c1-28-9-7-17(36-27-26(34)25(33)24(32)22(13-30)37-27)12-16(28)3-4-18-20-6-5-19(15-11-23(31)35-14-15)29(20,2)10-8-21(18)28/h6,11,16-19,21-22,24-27,30,32-34H,3-5,7-10,12-14H2,1-2H3/t16-,17-,18-,19+,21-,22+,24+,25-,26+,27+,28-,29+/m0/s1. The number of aliphatic hydroxyl groups is 4. The van der Waals surface area contributed by atoms with Gasteiger partial charge in [0, 0.05) is 6.08 Å². The fraction of sp³-hybridized carbons (Fsp3) is 0.828. The van der Waals surface area contributed by atoms with Crippen LogP contribution in [0.1, 0.15) is 65.2 Å². The van der Waals surface area contributed by atoms with E-state index in [2.05, 4.69) is 19.9 Å². The van der Waals surface area contributed by atoms with Gasteiger partial charge in [-0.3, -0.25) is 0 Å². The van der Waals surface area contributed by atoms with Gasteiger partial charge in [-0.15, -0.1) is 0 Å². The largest absolute Gasteiger partial charge is 0.458 e. The van der Waals surface area contributed by atoms with Crippen molar-refractivity contribution in [3.8, 4) is 0 Å². The molecule has 8 nitrogen and oxygen atoms in total. The molecule has 0 unspecified atom stereocenters. The van der Waals surface area contributed by atoms with Crippen LogP contribution < -0.4 is 0 Å². The van der Waals surface area contributed by atoms with Crippen molar-refractivity contribution >= 4 is 5.97 Å². The van der Waals surface area contributed by atoms with Gasteiger partial charge in [0.2, 0.25) is 0 Å². The van der Waals surface area contributed by atoms with Crippen molar-refractivity contribution in [3.63, 3.8) is 0 Å². The molecule has 12 atom stereocenters. The van der Waals surface area contributed by atoms with Gasteiger partial charge in [-0.05, 0) is 91.4 Å². The van der Waals surface area contributed by atoms with Crippen LogP contribution in [0.15, 0.2) is 23.3 Å². The normalized spacial score (nSPS) is 51.5. The molecule has 2 heterocycles. The average molecular weight is 519 g/mol. The molecule has 3 saturated carbocycles. The van der Waals surface area contributed by atoms with E-state index in [0.29, 0.717) is 30.3 Å². The van der Waals surface area contributed by atoms with E-state index in [9.17, 15) is 25.2 Å². The fourth-order valence-electron chi connectivity index (χ4n) is 9.19. The summed E-state index contributed by atoms with van der Waals surface area (Å²) in [4.78, 5) is 11.8. The van der Waals surface area contributed by atoms with E-state index in [-0.39, 0.29) is 22.9 Å². The quantitative estimate of drug-likeness (QED) is 0.254. The van der Waals surface area contributed by atoms with E-state index >= 15 is 0 Å². The molecule has 8 heteroatoms. The number of hydrogen-bond acceptors (Lipinski definition) is 8. The lowest BCUT2D eigenvalue weighted by atomic mass is 9.45. The minimum atomic E-state index is -1.41. The molecule has 4 aliphatic carbocycles. The lowest BCUT2D eigenvalue weighted by Crippen LogP contribution is -2.60. The van der Waals surface area contributed by atoms with Crippen LogP contribution >= 0.6 is 0 Å². The molecule has 6 aliphatic rings. The number of ether oxygens (including phenoxy) is 3. The number of allylic oxidation sites excluding steroid dienone is 2. The molecule has 0 amide bonds. The van der Waals surface area contributed by atoms with E-state index in [4.69, 9.17) is 14.2 Å². The van der Waals surface area contributed by atoms with Crippen LogP contribution in [-0.2, 0) is 19.0 Å². The minimum Gasteiger partial charge on any atom is -0.458 e. The second-order valence-electron chi connectivity index (χ2n) is 13.0. The summed E-state index contributed by atoms with van der Waals surface area (Å²) in [6.45, 7) is 4.88. The Bertz CT molecular complexity index is 975. The summed E-state index contributed by atoms with van der Waals surface area (Å²) in [7, 11) is 0. The van der Waals surface area contributed by atoms with Gasteiger partial charge in [-0.25, -0.2) is 4.79 Å². The van der Waals surface area contributed by atoms with Gasteiger partial charge >= 0.3 is 5.97 Å². The van der Waals surface area contributed by atoms with Gasteiger partial charge in [0.1, 0.15) is 31.0 Å². The molecule has 1 saturated heterocycles. The zero-order valence-corrected chi connectivity index (χ0v) is 21.9. The summed E-state index contributed by atoms with van der Waals surface area (Å²) >= 11 is 0. The van der Waals surface area contributed by atoms with E-state index in [1.807, 2.05) is 0 Å². The van der Waals surface area contributed by atoms with Gasteiger partial charge < -0.3 is 34.6 Å². The maximum absolute atomic E-state index is 11.8. The number of fused-ring (bicyclic) bond motifs is 5. The first-order valence-corrected chi connectivity index (χ1v) is 14.2. The number of rotatable bonds is 4. The van der Waals surface area contributed by atoms with Gasteiger partial charge in [0.15, 0.2) is 6.29 Å². The second-order valence-corrected chi connectivity index (χ2v) is 13.0. The number of carbonyl (C=O) groups excluding carboxylic acids is 1. The Hall–Kier alpha value is -1.29. The molecule has 0 aromatic carbocycles. The topological polar surface area (TPSA) is 126 Å². The van der Waals surface area contributed by atoms with Crippen LogP contribution in [0.2, 0.25) is 0 Å². The van der Waals surface area contributed by atoms with E-state index in [0.717, 1.165) is 38.5 Å². The first-order chi connectivity index (χ1) is 17.7. The van der Waals surface area contributed by atoms with Crippen LogP contribution in [0, 0.1) is 34.5 Å². The Balaban J connectivity index is 1.13. The van der Waals surface area contributed by atoms with Gasteiger partial charge in [0.05, 0.1) is 12.7 Å². The Morgan fingerprint density at radius 3 is 2.59 bits per heavy atom. The number of esters is 1. The maximum Gasteiger partial charge on any atom is 0.331 e. The monoisotopic (exact) mass is 518 g/mol. The molecule has 4 fully saturated rings. The summed E-state index contributed by atoms with van der Waals surface area (Å²) in [6, 6.07) is 0. The third-order valence-corrected chi connectivity index (χ3v) is 11.3. The Labute approximate surface area is 218 Å². The van der Waals surface area contributed by atoms with Gasteiger partial charge in [-0.2, -0.15) is 0 Å². The van der Waals surface area contributed by atoms with Crippen LogP contribution in [0.4, 0.5) is 0 Å². The average Bonchev–Trinajstić information content (AvgIpc) is 3.46. The zero-order valence-electron chi connectivity index (χ0n) is 21.9. The highest BCUT2D eigenvalue weighted by atomic mass is 16.7. The van der Waals surface area contributed by atoms with Gasteiger partial charge in [-0.1, -0.05) is 25.5 Å². The molecule has 0 aromatic rings. The number of aliphatic hydroxyl groups excluding tert-OH is 4. The molecule has 6 rings (SSSR count). The fourth-order valence-corrected chi connectivity index (χ4v) is 9.19. The Morgan fingerprint density at radius 2 is 1.86 bits per heavy atom. The zero-order chi connectivity index (χ0) is 26.1. The number of carbonyl (C=O) groups is 1. The Kier molecular flexibility index (Phi) is 6.61. The van der Waals surface area contributed by atoms with Crippen molar-refractivity contribution in [2.45, 2.75) is 102 Å². The third-order valence-electron chi connectivity index (χ3n) is 11.3. The second kappa shape index (κ2) is 9.42. The van der Waals surface area contributed by atoms with Crippen LogP contribution in [0.3, 0.4) is 0 Å². The van der Waals surface area contributed by atoms with E-state index < -0.39 is 37.3 Å². The predicted octanol–water partition coefficient (Wildman–Crippen LogP) is 2.23. The highest BCUT2D eigenvalue weighted by Gasteiger charge is 2.58. The molecule has 0 aromatic heterocycles. The molecule has 4 N–H and O–H groups in total. The SMILES string of the molecule is C[C@]12CC[C@H](O[C@@H]3O[C@H](CO)[C@@H](O)[C@H](O)[C@H]3O)C[C@@H]1CC[C@H]1C3=CC[C@H](C4=CC(=O)OC4)[C@@]3(C)CC[C@@H]12. The van der Waals surface area contributed by atoms with Crippen LogP contribution in [0.25, 0.3) is 0 Å². The third kappa shape index (κ3) is 4.05. The molecule has 37 heavy (non-hydrogen) atoms. The Morgan fingerprint density at radius 1 is 1.05 bits per heavy atom. The van der Waals surface area contributed by atoms with Gasteiger partial charge in [0.25, 0.3) is 0 Å². The first-order valence-electron chi connectivity index (χ1n) is 14.2. The summed E-state index contributed by atoms with van der Waals surface area (Å²) < 4.78 is 17.1. The predicted molar refractivity (Wildman–Crippen MR) is 133 cm³/mol. The van der Waals surface area contributed by atoms with E-state index in [1.165, 1.54) is 18.4 Å². The molecular weight excluding hydrogens is 476 g/mol. The molecule has 0 spiro atoms. The summed E-state index contributed by atoms with van der Waals surface area (Å²) in [6.07, 6.45) is 6.43. The molecular formula is C29H42O8. The highest BCUT2D eigenvalue weighted by molar-refractivity contribution is 5.85. The van der Waals surface area contributed by atoms with Crippen molar-refractivity contribution in [3.05, 3.63) is 23.3 Å². The number of hydrogen-bond donors (Lipinski definition) is 4. The number of cyclic esters (lactones) is 1. The summed E-state index contributed by atoms with van der Waals surface area (Å²) in [5.74, 6) is 1.92. The van der Waals surface area contributed by atoms with Crippen molar-refractivity contribution < 1.29 is 39.4 Å². The van der Waals surface area contributed by atoms with E-state index in [1.54, 1.807) is 11.6 Å². The molecule has 2 aliphatic heterocycles. The van der Waals surface area contributed by atoms with Crippen molar-refractivity contribution in [2.24, 2.45) is 34.5 Å². The van der Waals surface area contributed by atoms with Crippen molar-refractivity contribution in [2.75, 3.05) is 13.2 Å². The highest BCUT2D eigenvalue weighted by Crippen LogP contribution is 2.66. The van der Waals surface area contributed by atoms with Crippen LogP contribution in [-0.4, -0.2) is 76.4 Å². The summed E-state index contributed by atoms with van der Waals surface area (Å²) in [5.41, 5.74) is 3.13. The first kappa shape index (κ1) is 26.0. The lowest BCUT2D eigenvalue weighted by Gasteiger charge is -2.60. The molecule has 206 valence electrons. The van der Waals surface area contributed by atoms with Crippen LogP contribution in [0.5, 0.6) is 0 Å². The minimum absolute atomic E-state index is 0.0909. The lowest BCUT2D eigenvalue weighted by molar-refractivity contribution is -0.316. The summed E-state index contributed by atoms with van der Waals surface area (Å²) in [5, 5.41) is 40.2. The molecule has 0 radical (unpaired) electrons. The maximum atomic E-state index is 11.8. The smallest absolute Gasteiger partial charge is 0.331 e.